The van der Waals surface area contributed by atoms with Crippen molar-refractivity contribution < 1.29 is 26.4 Å². The Morgan fingerprint density at radius 1 is 1.20 bits per heavy atom. The van der Waals surface area contributed by atoms with Crippen LogP contribution >= 0.6 is 0 Å². The predicted molar refractivity (Wildman–Crippen MR) is 90.9 cm³/mol. The molecule has 4 aromatic rings. The van der Waals surface area contributed by atoms with Crippen LogP contribution in [0.3, 0.4) is 0 Å². The maximum Gasteiger partial charge on any atom is 0.470 e. The van der Waals surface area contributed by atoms with Crippen molar-refractivity contribution in [3.63, 3.8) is 0 Å². The number of imidazole rings is 1. The number of nitrogens with zero attached hydrogens (tertiary/aromatic N) is 6. The molecule has 0 saturated heterocycles. The van der Waals surface area contributed by atoms with Crippen LogP contribution in [0.2, 0.25) is 0 Å². The van der Waals surface area contributed by atoms with Gasteiger partial charge in [0.05, 0.1) is 23.2 Å². The molecule has 0 amide bonds. The molecule has 156 valence electrons. The van der Waals surface area contributed by atoms with Gasteiger partial charge in [0.15, 0.2) is 0 Å². The van der Waals surface area contributed by atoms with Crippen molar-refractivity contribution in [1.82, 2.24) is 29.8 Å². The molecule has 1 aliphatic heterocycles. The Morgan fingerprint density at radius 2 is 2.03 bits per heavy atom. The first-order valence-corrected chi connectivity index (χ1v) is 8.79. The van der Waals surface area contributed by atoms with E-state index >= 15 is 0 Å². The standard InChI is InChI=1S/C17H12F5N7O/c18-14(19)11-3-1-2-8-6-10(27-29(8)11)13-12-9(23-7-24-12)4-5-28(13)16-26-25-15(30-16)17(20,21)22/h1-3,6-7,13-14H,4-5H2,(H,23,24)/t13-/m1/s1. The number of H-pyrrole nitrogens is 1. The van der Waals surface area contributed by atoms with Gasteiger partial charge in [-0.05, 0) is 18.2 Å². The quantitative estimate of drug-likeness (QED) is 0.505. The van der Waals surface area contributed by atoms with Crippen molar-refractivity contribution in [3.05, 3.63) is 59.3 Å². The van der Waals surface area contributed by atoms with Crippen LogP contribution in [-0.2, 0) is 12.6 Å². The summed E-state index contributed by atoms with van der Waals surface area (Å²) in [5, 5.41) is 10.9. The molecular weight excluding hydrogens is 413 g/mol. The highest BCUT2D eigenvalue weighted by molar-refractivity contribution is 5.53. The Hall–Kier alpha value is -3.51. The number of fused-ring (bicyclic) bond motifs is 2. The molecular formula is C17H12F5N7O. The summed E-state index contributed by atoms with van der Waals surface area (Å²) in [4.78, 5) is 8.69. The summed E-state index contributed by atoms with van der Waals surface area (Å²) in [6, 6.07) is 4.76. The van der Waals surface area contributed by atoms with Crippen LogP contribution in [0.5, 0.6) is 0 Å². The minimum atomic E-state index is -4.79. The van der Waals surface area contributed by atoms with Crippen molar-refractivity contribution >= 4 is 11.5 Å². The number of aromatic nitrogens is 6. The maximum absolute atomic E-state index is 13.4. The van der Waals surface area contributed by atoms with Crippen LogP contribution in [0.15, 0.2) is 35.0 Å². The van der Waals surface area contributed by atoms with Crippen molar-refractivity contribution in [2.45, 2.75) is 25.1 Å². The Labute approximate surface area is 164 Å². The number of nitrogens with one attached hydrogen (secondary N) is 1. The highest BCUT2D eigenvalue weighted by atomic mass is 19.4. The molecule has 30 heavy (non-hydrogen) atoms. The van der Waals surface area contributed by atoms with Gasteiger partial charge in [-0.3, -0.25) is 0 Å². The molecule has 13 heteroatoms. The average molecular weight is 425 g/mol. The summed E-state index contributed by atoms with van der Waals surface area (Å²) in [5.41, 5.74) is 1.67. The Kier molecular flexibility index (Phi) is 4.01. The molecule has 1 N–H and O–H groups in total. The topological polar surface area (TPSA) is 88.1 Å². The number of pyridine rings is 1. The maximum atomic E-state index is 13.4. The van der Waals surface area contributed by atoms with Crippen LogP contribution < -0.4 is 4.90 Å². The highest BCUT2D eigenvalue weighted by Gasteiger charge is 2.41. The number of anilines is 1. The van der Waals surface area contributed by atoms with E-state index in [0.29, 0.717) is 23.3 Å². The lowest BCUT2D eigenvalue weighted by Crippen LogP contribution is -2.37. The van der Waals surface area contributed by atoms with E-state index in [2.05, 4.69) is 25.3 Å². The van der Waals surface area contributed by atoms with E-state index in [1.54, 1.807) is 12.1 Å². The fourth-order valence-corrected chi connectivity index (χ4v) is 3.58. The van der Waals surface area contributed by atoms with Gasteiger partial charge in [0.2, 0.25) is 0 Å². The van der Waals surface area contributed by atoms with Crippen molar-refractivity contribution in [1.29, 1.82) is 0 Å². The van der Waals surface area contributed by atoms with E-state index in [4.69, 9.17) is 4.42 Å². The zero-order chi connectivity index (χ0) is 21.0. The fraction of sp³-hybridized carbons (Fsp3) is 0.294. The van der Waals surface area contributed by atoms with Gasteiger partial charge < -0.3 is 14.3 Å². The predicted octanol–water partition coefficient (Wildman–Crippen LogP) is 3.55. The molecule has 0 bridgehead atoms. The van der Waals surface area contributed by atoms with E-state index in [1.807, 2.05) is 0 Å². The molecule has 1 aliphatic rings. The lowest BCUT2D eigenvalue weighted by Gasteiger charge is -2.32. The summed E-state index contributed by atoms with van der Waals surface area (Å²) in [5.74, 6) is -1.47. The number of hydrogen-bond acceptors (Lipinski definition) is 6. The molecule has 5 rings (SSSR count). The first kappa shape index (κ1) is 18.5. The molecule has 0 spiro atoms. The molecule has 5 heterocycles. The van der Waals surface area contributed by atoms with Crippen molar-refractivity contribution in [3.8, 4) is 0 Å². The Bertz CT molecular complexity index is 1210. The van der Waals surface area contributed by atoms with E-state index in [1.165, 1.54) is 23.4 Å². The lowest BCUT2D eigenvalue weighted by molar-refractivity contribution is -0.157. The van der Waals surface area contributed by atoms with Gasteiger partial charge in [0.25, 0.3) is 6.43 Å². The molecule has 0 aromatic carbocycles. The molecule has 0 saturated carbocycles. The van der Waals surface area contributed by atoms with Crippen LogP contribution in [0, 0.1) is 0 Å². The normalized spacial score (nSPS) is 17.1. The second kappa shape index (κ2) is 6.50. The number of rotatable bonds is 3. The molecule has 0 aliphatic carbocycles. The highest BCUT2D eigenvalue weighted by Crippen LogP contribution is 2.38. The zero-order valence-corrected chi connectivity index (χ0v) is 14.9. The third-order valence-electron chi connectivity index (χ3n) is 4.87. The Balaban J connectivity index is 1.64. The van der Waals surface area contributed by atoms with Crippen LogP contribution in [0.4, 0.5) is 28.0 Å². The lowest BCUT2D eigenvalue weighted by atomic mass is 10.0. The van der Waals surface area contributed by atoms with Crippen LogP contribution in [0.1, 0.15) is 41.1 Å². The minimum Gasteiger partial charge on any atom is -0.399 e. The fourth-order valence-electron chi connectivity index (χ4n) is 3.58. The summed E-state index contributed by atoms with van der Waals surface area (Å²) in [6.07, 6.45) is -5.65. The second-order valence-electron chi connectivity index (χ2n) is 6.66. The first-order valence-electron chi connectivity index (χ1n) is 8.79. The van der Waals surface area contributed by atoms with E-state index in [9.17, 15) is 22.0 Å². The van der Waals surface area contributed by atoms with Gasteiger partial charge in [-0.15, -0.1) is 5.10 Å². The summed E-state index contributed by atoms with van der Waals surface area (Å²) >= 11 is 0. The van der Waals surface area contributed by atoms with Gasteiger partial charge in [0.1, 0.15) is 11.7 Å². The molecule has 1 atom stereocenters. The summed E-state index contributed by atoms with van der Waals surface area (Å²) in [7, 11) is 0. The third kappa shape index (κ3) is 2.88. The van der Waals surface area contributed by atoms with Gasteiger partial charge in [-0.2, -0.15) is 18.3 Å². The average Bonchev–Trinajstić information content (AvgIpc) is 3.43. The molecule has 0 unspecified atom stereocenters. The van der Waals surface area contributed by atoms with Crippen molar-refractivity contribution in [2.75, 3.05) is 11.4 Å². The SMILES string of the molecule is FC(F)c1cccc2cc([C@@H]3c4nc[nH]c4CCN3c3nnc(C(F)(F)F)o3)nn12. The number of halogens is 5. The molecule has 0 fully saturated rings. The summed E-state index contributed by atoms with van der Waals surface area (Å²) < 4.78 is 71.4. The van der Waals surface area contributed by atoms with Gasteiger partial charge in [-0.1, -0.05) is 11.2 Å². The number of alkyl halides is 5. The van der Waals surface area contributed by atoms with E-state index in [0.717, 1.165) is 10.2 Å². The molecule has 4 aromatic heterocycles. The second-order valence-corrected chi connectivity index (χ2v) is 6.66. The first-order chi connectivity index (χ1) is 14.3. The van der Waals surface area contributed by atoms with Gasteiger partial charge in [0, 0.05) is 18.7 Å². The smallest absolute Gasteiger partial charge is 0.399 e. The summed E-state index contributed by atoms with van der Waals surface area (Å²) in [6.45, 7) is 0.231. The third-order valence-corrected chi connectivity index (χ3v) is 4.87. The van der Waals surface area contributed by atoms with Crippen LogP contribution in [-0.4, -0.2) is 36.3 Å². The van der Waals surface area contributed by atoms with Crippen molar-refractivity contribution in [2.24, 2.45) is 0 Å². The van der Waals surface area contributed by atoms with Crippen LogP contribution in [0.25, 0.3) is 5.52 Å². The number of hydrogen-bond donors (Lipinski definition) is 1. The number of aromatic amines is 1. The monoisotopic (exact) mass is 425 g/mol. The minimum absolute atomic E-state index is 0.231. The Morgan fingerprint density at radius 3 is 2.77 bits per heavy atom. The molecule has 0 radical (unpaired) electrons. The van der Waals surface area contributed by atoms with E-state index in [-0.39, 0.29) is 18.3 Å². The van der Waals surface area contributed by atoms with Gasteiger partial charge in [-0.25, -0.2) is 18.3 Å². The molecule has 8 nitrogen and oxygen atoms in total. The zero-order valence-electron chi connectivity index (χ0n) is 14.9. The largest absolute Gasteiger partial charge is 0.470 e. The van der Waals surface area contributed by atoms with E-state index < -0.39 is 24.5 Å². The van der Waals surface area contributed by atoms with Gasteiger partial charge >= 0.3 is 18.1 Å².